The van der Waals surface area contributed by atoms with E-state index in [1.54, 1.807) is 6.07 Å². The lowest BCUT2D eigenvalue weighted by atomic mass is 9.89. The van der Waals surface area contributed by atoms with Crippen LogP contribution in [0.15, 0.2) is 12.1 Å². The lowest BCUT2D eigenvalue weighted by molar-refractivity contribution is 0.0438. The van der Waals surface area contributed by atoms with Crippen molar-refractivity contribution >= 4 is 11.6 Å². The minimum Gasteiger partial charge on any atom is -0.385 e. The predicted octanol–water partition coefficient (Wildman–Crippen LogP) is 3.55. The second kappa shape index (κ2) is 3.76. The Morgan fingerprint density at radius 2 is 1.93 bits per heavy atom. The first-order valence-electron chi connectivity index (χ1n) is 5.21. The molecule has 1 N–H and O–H groups in total. The summed E-state index contributed by atoms with van der Waals surface area (Å²) >= 11 is 5.74. The molecule has 1 fully saturated rings. The van der Waals surface area contributed by atoms with Gasteiger partial charge >= 0.3 is 0 Å². The summed E-state index contributed by atoms with van der Waals surface area (Å²) in [6.45, 7) is 1.81. The van der Waals surface area contributed by atoms with Crippen LogP contribution in [0.1, 0.15) is 36.8 Å². The Labute approximate surface area is 93.9 Å². The van der Waals surface area contributed by atoms with Gasteiger partial charge in [-0.05, 0) is 43.0 Å². The molecular formula is C12H14ClFO. The average Bonchev–Trinajstić information content (AvgIpc) is 2.60. The molecular weight excluding hydrogens is 215 g/mol. The standard InChI is InChI=1S/C12H14ClFO/c1-8-6-11(14)10(13)7-9(8)12(15)4-2-3-5-12/h6-7,15H,2-5H2,1H3. The van der Waals surface area contributed by atoms with Crippen LogP contribution in [-0.4, -0.2) is 5.11 Å². The van der Waals surface area contributed by atoms with E-state index >= 15 is 0 Å². The van der Waals surface area contributed by atoms with E-state index in [0.717, 1.165) is 36.8 Å². The fraction of sp³-hybridized carbons (Fsp3) is 0.500. The van der Waals surface area contributed by atoms with E-state index in [2.05, 4.69) is 0 Å². The van der Waals surface area contributed by atoms with Gasteiger partial charge in [-0.25, -0.2) is 4.39 Å². The van der Waals surface area contributed by atoms with Crippen LogP contribution >= 0.6 is 11.6 Å². The zero-order valence-corrected chi connectivity index (χ0v) is 9.44. The Morgan fingerprint density at radius 1 is 1.33 bits per heavy atom. The Morgan fingerprint density at radius 3 is 2.53 bits per heavy atom. The van der Waals surface area contributed by atoms with Crippen molar-refractivity contribution in [1.82, 2.24) is 0 Å². The van der Waals surface area contributed by atoms with Crippen molar-refractivity contribution in [2.24, 2.45) is 0 Å². The molecule has 0 unspecified atom stereocenters. The first kappa shape index (κ1) is 10.9. The van der Waals surface area contributed by atoms with Gasteiger partial charge in [0.15, 0.2) is 0 Å². The molecule has 2 rings (SSSR count). The molecule has 0 spiro atoms. The molecule has 0 heterocycles. The van der Waals surface area contributed by atoms with Gasteiger partial charge in [0, 0.05) is 0 Å². The molecule has 1 aromatic carbocycles. The number of hydrogen-bond acceptors (Lipinski definition) is 1. The number of benzene rings is 1. The van der Waals surface area contributed by atoms with E-state index in [1.165, 1.54) is 6.07 Å². The van der Waals surface area contributed by atoms with Crippen molar-refractivity contribution in [3.05, 3.63) is 34.1 Å². The summed E-state index contributed by atoms with van der Waals surface area (Å²) in [4.78, 5) is 0. The van der Waals surface area contributed by atoms with Crippen molar-refractivity contribution in [2.75, 3.05) is 0 Å². The van der Waals surface area contributed by atoms with E-state index in [1.807, 2.05) is 6.92 Å². The molecule has 3 heteroatoms. The van der Waals surface area contributed by atoms with Crippen LogP contribution < -0.4 is 0 Å². The smallest absolute Gasteiger partial charge is 0.142 e. The third kappa shape index (κ3) is 1.88. The summed E-state index contributed by atoms with van der Waals surface area (Å²) < 4.78 is 13.2. The van der Waals surface area contributed by atoms with Gasteiger partial charge in [-0.1, -0.05) is 24.4 Å². The Kier molecular flexibility index (Phi) is 2.73. The molecule has 15 heavy (non-hydrogen) atoms. The summed E-state index contributed by atoms with van der Waals surface area (Å²) in [7, 11) is 0. The van der Waals surface area contributed by atoms with Crippen LogP contribution in [0.4, 0.5) is 4.39 Å². The van der Waals surface area contributed by atoms with Crippen molar-refractivity contribution in [3.8, 4) is 0 Å². The molecule has 0 saturated heterocycles. The summed E-state index contributed by atoms with van der Waals surface area (Å²) in [5.41, 5.74) is 0.772. The molecule has 0 aromatic heterocycles. The van der Waals surface area contributed by atoms with E-state index in [9.17, 15) is 9.50 Å². The van der Waals surface area contributed by atoms with Gasteiger partial charge in [-0.15, -0.1) is 0 Å². The molecule has 0 aliphatic heterocycles. The van der Waals surface area contributed by atoms with Gasteiger partial charge in [0.05, 0.1) is 10.6 Å². The normalized spacial score (nSPS) is 19.5. The lowest BCUT2D eigenvalue weighted by Crippen LogP contribution is -2.22. The largest absolute Gasteiger partial charge is 0.385 e. The highest BCUT2D eigenvalue weighted by atomic mass is 35.5. The van der Waals surface area contributed by atoms with Gasteiger partial charge < -0.3 is 5.11 Å². The monoisotopic (exact) mass is 228 g/mol. The quantitative estimate of drug-likeness (QED) is 0.780. The van der Waals surface area contributed by atoms with Gasteiger partial charge in [0.25, 0.3) is 0 Å². The number of rotatable bonds is 1. The lowest BCUT2D eigenvalue weighted by Gasteiger charge is -2.25. The molecule has 1 saturated carbocycles. The minimum absolute atomic E-state index is 0.0934. The van der Waals surface area contributed by atoms with Crippen molar-refractivity contribution in [1.29, 1.82) is 0 Å². The second-order valence-electron chi connectivity index (χ2n) is 4.32. The molecule has 1 nitrogen and oxygen atoms in total. The molecule has 1 aliphatic carbocycles. The van der Waals surface area contributed by atoms with E-state index in [-0.39, 0.29) is 5.02 Å². The van der Waals surface area contributed by atoms with Crippen molar-refractivity contribution in [3.63, 3.8) is 0 Å². The van der Waals surface area contributed by atoms with Crippen LogP contribution in [0.3, 0.4) is 0 Å². The molecule has 1 aliphatic rings. The van der Waals surface area contributed by atoms with Crippen molar-refractivity contribution < 1.29 is 9.50 Å². The number of hydrogen-bond donors (Lipinski definition) is 1. The average molecular weight is 229 g/mol. The minimum atomic E-state index is -0.790. The fourth-order valence-corrected chi connectivity index (χ4v) is 2.54. The van der Waals surface area contributed by atoms with Crippen LogP contribution in [0.5, 0.6) is 0 Å². The van der Waals surface area contributed by atoms with E-state index < -0.39 is 11.4 Å². The Bertz CT molecular complexity index is 383. The van der Waals surface area contributed by atoms with Gasteiger partial charge in [-0.3, -0.25) is 0 Å². The van der Waals surface area contributed by atoms with Crippen molar-refractivity contribution in [2.45, 2.75) is 38.2 Å². The van der Waals surface area contributed by atoms with Crippen LogP contribution in [0.2, 0.25) is 5.02 Å². The number of aryl methyl sites for hydroxylation is 1. The Hall–Kier alpha value is -0.600. The SMILES string of the molecule is Cc1cc(F)c(Cl)cc1C1(O)CCCC1. The molecule has 0 amide bonds. The maximum atomic E-state index is 13.2. The highest BCUT2D eigenvalue weighted by Crippen LogP contribution is 2.41. The molecule has 0 atom stereocenters. The maximum absolute atomic E-state index is 13.2. The first-order valence-corrected chi connectivity index (χ1v) is 5.59. The molecule has 0 bridgehead atoms. The predicted molar refractivity (Wildman–Crippen MR) is 58.5 cm³/mol. The van der Waals surface area contributed by atoms with Crippen LogP contribution in [0, 0.1) is 12.7 Å². The summed E-state index contributed by atoms with van der Waals surface area (Å²) in [6.07, 6.45) is 3.53. The second-order valence-corrected chi connectivity index (χ2v) is 4.73. The third-order valence-corrected chi connectivity index (χ3v) is 3.49. The molecule has 1 aromatic rings. The zero-order valence-electron chi connectivity index (χ0n) is 8.69. The van der Waals surface area contributed by atoms with E-state index in [4.69, 9.17) is 11.6 Å². The van der Waals surface area contributed by atoms with Gasteiger partial charge in [0.2, 0.25) is 0 Å². The summed E-state index contributed by atoms with van der Waals surface area (Å²) in [5.74, 6) is -0.417. The highest BCUT2D eigenvalue weighted by molar-refractivity contribution is 6.30. The molecule has 82 valence electrons. The number of aliphatic hydroxyl groups is 1. The van der Waals surface area contributed by atoms with Gasteiger partial charge in [-0.2, -0.15) is 0 Å². The zero-order chi connectivity index (χ0) is 11.1. The van der Waals surface area contributed by atoms with Crippen LogP contribution in [-0.2, 0) is 5.60 Å². The third-order valence-electron chi connectivity index (χ3n) is 3.20. The number of halogens is 2. The topological polar surface area (TPSA) is 20.2 Å². The molecule has 0 radical (unpaired) electrons. The van der Waals surface area contributed by atoms with Gasteiger partial charge in [0.1, 0.15) is 5.82 Å². The highest BCUT2D eigenvalue weighted by Gasteiger charge is 2.34. The maximum Gasteiger partial charge on any atom is 0.142 e. The fourth-order valence-electron chi connectivity index (χ4n) is 2.38. The first-order chi connectivity index (χ1) is 7.03. The summed E-state index contributed by atoms with van der Waals surface area (Å²) in [6, 6.07) is 2.96. The van der Waals surface area contributed by atoms with Crippen LogP contribution in [0.25, 0.3) is 0 Å². The van der Waals surface area contributed by atoms with E-state index in [0.29, 0.717) is 0 Å². The summed E-state index contributed by atoms with van der Waals surface area (Å²) in [5, 5.41) is 10.5. The Balaban J connectivity index is 2.48.